The van der Waals surface area contributed by atoms with Crippen LogP contribution < -0.4 is 0 Å². The third kappa shape index (κ3) is 1.68. The lowest BCUT2D eigenvalue weighted by Gasteiger charge is -1.98. The first-order valence-electron chi connectivity index (χ1n) is 2.84. The maximum Gasteiger partial charge on any atom is 0.0558 e. The smallest absolute Gasteiger partial charge is 0.0558 e. The van der Waals surface area contributed by atoms with Gasteiger partial charge in [-0.15, -0.1) is 11.6 Å². The van der Waals surface area contributed by atoms with Crippen molar-refractivity contribution in [3.05, 3.63) is 30.1 Å². The van der Waals surface area contributed by atoms with Crippen LogP contribution in [0.15, 0.2) is 24.5 Å². The van der Waals surface area contributed by atoms with E-state index in [9.17, 15) is 0 Å². The molecule has 0 amide bonds. The van der Waals surface area contributed by atoms with E-state index in [2.05, 4.69) is 4.98 Å². The Balaban J connectivity index is 2.85. The number of aromatic nitrogens is 1. The molecule has 0 aromatic carbocycles. The summed E-state index contributed by atoms with van der Waals surface area (Å²) in [6.07, 6.45) is 3.49. The molecular formula is C7H8ClN. The van der Waals surface area contributed by atoms with E-state index in [-0.39, 0.29) is 5.38 Å². The average molecular weight is 142 g/mol. The maximum atomic E-state index is 5.78. The van der Waals surface area contributed by atoms with E-state index >= 15 is 0 Å². The number of hydrogen-bond acceptors (Lipinski definition) is 1. The Hall–Kier alpha value is -0.560. The molecule has 2 heteroatoms. The zero-order valence-corrected chi connectivity index (χ0v) is 5.97. The number of halogens is 1. The Morgan fingerprint density at radius 3 is 2.33 bits per heavy atom. The summed E-state index contributed by atoms with van der Waals surface area (Å²) in [4.78, 5) is 3.87. The molecule has 0 saturated carbocycles. The molecule has 0 aliphatic rings. The molecule has 0 bridgehead atoms. The third-order valence-corrected chi connectivity index (χ3v) is 1.42. The first kappa shape index (κ1) is 6.56. The summed E-state index contributed by atoms with van der Waals surface area (Å²) >= 11 is 5.78. The standard InChI is InChI=1S/C7H8ClN/c1-6(8)7-2-4-9-5-3-7/h2-6H,1H3. The topological polar surface area (TPSA) is 12.9 Å². The Bertz CT molecular complexity index is 172. The highest BCUT2D eigenvalue weighted by molar-refractivity contribution is 6.20. The molecule has 0 aliphatic carbocycles. The fourth-order valence-electron chi connectivity index (χ4n) is 0.629. The molecule has 0 N–H and O–H groups in total. The third-order valence-electron chi connectivity index (χ3n) is 1.17. The first-order valence-corrected chi connectivity index (χ1v) is 3.28. The molecule has 0 radical (unpaired) electrons. The van der Waals surface area contributed by atoms with Crippen molar-refractivity contribution in [2.24, 2.45) is 0 Å². The second-order valence-electron chi connectivity index (χ2n) is 1.90. The summed E-state index contributed by atoms with van der Waals surface area (Å²) in [6, 6.07) is 3.83. The largest absolute Gasteiger partial charge is 0.265 e. The van der Waals surface area contributed by atoms with Crippen LogP contribution in [0.3, 0.4) is 0 Å². The minimum Gasteiger partial charge on any atom is -0.265 e. The van der Waals surface area contributed by atoms with Gasteiger partial charge in [0.25, 0.3) is 0 Å². The van der Waals surface area contributed by atoms with Gasteiger partial charge < -0.3 is 0 Å². The fraction of sp³-hybridized carbons (Fsp3) is 0.286. The molecule has 0 aliphatic heterocycles. The van der Waals surface area contributed by atoms with Crippen molar-refractivity contribution >= 4 is 11.6 Å². The number of pyridine rings is 1. The van der Waals surface area contributed by atoms with Crippen molar-refractivity contribution in [2.75, 3.05) is 0 Å². The predicted molar refractivity (Wildman–Crippen MR) is 38.5 cm³/mol. The Morgan fingerprint density at radius 2 is 2.00 bits per heavy atom. The van der Waals surface area contributed by atoms with Crippen LogP contribution in [-0.4, -0.2) is 4.98 Å². The van der Waals surface area contributed by atoms with Gasteiger partial charge in [0.2, 0.25) is 0 Å². The number of nitrogens with zero attached hydrogens (tertiary/aromatic N) is 1. The van der Waals surface area contributed by atoms with Crippen molar-refractivity contribution < 1.29 is 0 Å². The molecule has 1 aromatic rings. The Morgan fingerprint density at radius 1 is 1.44 bits per heavy atom. The van der Waals surface area contributed by atoms with Gasteiger partial charge in [-0.25, -0.2) is 0 Å². The van der Waals surface area contributed by atoms with Gasteiger partial charge >= 0.3 is 0 Å². The lowest BCUT2D eigenvalue weighted by atomic mass is 10.2. The highest BCUT2D eigenvalue weighted by Crippen LogP contribution is 2.16. The minimum atomic E-state index is 0.0907. The van der Waals surface area contributed by atoms with Crippen molar-refractivity contribution in [1.29, 1.82) is 0 Å². The highest BCUT2D eigenvalue weighted by Gasteiger charge is 1.96. The monoisotopic (exact) mass is 141 g/mol. The molecule has 1 heterocycles. The van der Waals surface area contributed by atoms with Gasteiger partial charge in [0.15, 0.2) is 0 Å². The van der Waals surface area contributed by atoms with Crippen molar-refractivity contribution in [3.8, 4) is 0 Å². The van der Waals surface area contributed by atoms with E-state index in [1.165, 1.54) is 0 Å². The SMILES string of the molecule is CC(Cl)c1ccncc1. The molecular weight excluding hydrogens is 134 g/mol. The minimum absolute atomic E-state index is 0.0907. The fourth-order valence-corrected chi connectivity index (χ4v) is 0.774. The molecule has 9 heavy (non-hydrogen) atoms. The molecule has 48 valence electrons. The summed E-state index contributed by atoms with van der Waals surface area (Å²) in [5, 5.41) is 0.0907. The van der Waals surface area contributed by atoms with Crippen LogP contribution in [0, 0.1) is 0 Å². The van der Waals surface area contributed by atoms with E-state index in [0.717, 1.165) is 5.56 Å². The van der Waals surface area contributed by atoms with Gasteiger partial charge in [-0.3, -0.25) is 4.98 Å². The molecule has 1 aromatic heterocycles. The Labute approximate surface area is 59.7 Å². The van der Waals surface area contributed by atoms with Crippen LogP contribution in [0.2, 0.25) is 0 Å². The maximum absolute atomic E-state index is 5.78. The van der Waals surface area contributed by atoms with Crippen LogP contribution in [0.25, 0.3) is 0 Å². The Kier molecular flexibility index (Phi) is 2.06. The van der Waals surface area contributed by atoms with E-state index < -0.39 is 0 Å². The highest BCUT2D eigenvalue weighted by atomic mass is 35.5. The normalized spacial score (nSPS) is 13.1. The quantitative estimate of drug-likeness (QED) is 0.548. The summed E-state index contributed by atoms with van der Waals surface area (Å²) in [6.45, 7) is 1.94. The molecule has 0 fully saturated rings. The van der Waals surface area contributed by atoms with Crippen LogP contribution in [0.4, 0.5) is 0 Å². The molecule has 1 atom stereocenters. The van der Waals surface area contributed by atoms with Crippen molar-refractivity contribution in [3.63, 3.8) is 0 Å². The van der Waals surface area contributed by atoms with Gasteiger partial charge in [0.1, 0.15) is 0 Å². The molecule has 1 unspecified atom stereocenters. The van der Waals surface area contributed by atoms with Gasteiger partial charge in [-0.1, -0.05) is 0 Å². The summed E-state index contributed by atoms with van der Waals surface area (Å²) in [5.41, 5.74) is 1.12. The van der Waals surface area contributed by atoms with Crippen LogP contribution in [0.5, 0.6) is 0 Å². The summed E-state index contributed by atoms with van der Waals surface area (Å²) in [5.74, 6) is 0. The van der Waals surface area contributed by atoms with Gasteiger partial charge in [0, 0.05) is 12.4 Å². The lowest BCUT2D eigenvalue weighted by Crippen LogP contribution is -1.82. The number of hydrogen-bond donors (Lipinski definition) is 0. The second kappa shape index (κ2) is 2.83. The second-order valence-corrected chi connectivity index (χ2v) is 2.55. The molecule has 1 nitrogen and oxygen atoms in total. The molecule has 0 spiro atoms. The first-order chi connectivity index (χ1) is 4.30. The van der Waals surface area contributed by atoms with Crippen molar-refractivity contribution in [2.45, 2.75) is 12.3 Å². The summed E-state index contributed by atoms with van der Waals surface area (Å²) < 4.78 is 0. The van der Waals surface area contributed by atoms with E-state index in [4.69, 9.17) is 11.6 Å². The van der Waals surface area contributed by atoms with Gasteiger partial charge in [-0.2, -0.15) is 0 Å². The molecule has 1 rings (SSSR count). The number of rotatable bonds is 1. The lowest BCUT2D eigenvalue weighted by molar-refractivity contribution is 1.07. The van der Waals surface area contributed by atoms with E-state index in [0.29, 0.717) is 0 Å². The number of alkyl halides is 1. The summed E-state index contributed by atoms with van der Waals surface area (Å²) in [7, 11) is 0. The van der Waals surface area contributed by atoms with Gasteiger partial charge in [-0.05, 0) is 24.6 Å². The average Bonchev–Trinajstić information content (AvgIpc) is 1.90. The zero-order chi connectivity index (χ0) is 6.69. The predicted octanol–water partition coefficient (Wildman–Crippen LogP) is 2.38. The van der Waals surface area contributed by atoms with E-state index in [1.54, 1.807) is 12.4 Å². The van der Waals surface area contributed by atoms with Crippen LogP contribution in [-0.2, 0) is 0 Å². The zero-order valence-electron chi connectivity index (χ0n) is 5.21. The van der Waals surface area contributed by atoms with E-state index in [1.807, 2.05) is 19.1 Å². The van der Waals surface area contributed by atoms with Gasteiger partial charge in [0.05, 0.1) is 5.38 Å². The van der Waals surface area contributed by atoms with Crippen LogP contribution in [0.1, 0.15) is 17.9 Å². The van der Waals surface area contributed by atoms with Crippen molar-refractivity contribution in [1.82, 2.24) is 4.98 Å². The molecule has 0 saturated heterocycles. The van der Waals surface area contributed by atoms with Crippen LogP contribution >= 0.6 is 11.6 Å².